The Kier molecular flexibility index (Phi) is 3.12. The third kappa shape index (κ3) is 2.80. The van der Waals surface area contributed by atoms with Crippen LogP contribution in [0.2, 0.25) is 0 Å². The molecule has 0 aliphatic rings. The van der Waals surface area contributed by atoms with E-state index in [0.29, 0.717) is 0 Å². The normalized spacial score (nSPS) is 8.36. The van der Waals surface area contributed by atoms with Crippen molar-refractivity contribution in [2.24, 2.45) is 0 Å². The second-order valence-electron chi connectivity index (χ2n) is 1.83. The molecule has 0 heterocycles. The van der Waals surface area contributed by atoms with Crippen molar-refractivity contribution in [2.75, 3.05) is 0 Å². The van der Waals surface area contributed by atoms with Gasteiger partial charge in [0.15, 0.2) is 0 Å². The van der Waals surface area contributed by atoms with Crippen LogP contribution in [0.5, 0.6) is 5.75 Å². The molecule has 0 saturated heterocycles. The van der Waals surface area contributed by atoms with Gasteiger partial charge in [0.25, 0.3) is 0 Å². The van der Waals surface area contributed by atoms with Crippen molar-refractivity contribution in [2.45, 2.75) is 0 Å². The summed E-state index contributed by atoms with van der Waals surface area (Å²) >= 11 is 0. The second kappa shape index (κ2) is 4.44. The third-order valence-corrected chi connectivity index (χ3v) is 1.08. The van der Waals surface area contributed by atoms with Crippen molar-refractivity contribution in [3.8, 4) is 5.75 Å². The van der Waals surface area contributed by atoms with Crippen LogP contribution in [0.3, 0.4) is 0 Å². The molecule has 0 saturated carbocycles. The summed E-state index contributed by atoms with van der Waals surface area (Å²) in [7, 11) is 1.22. The lowest BCUT2D eigenvalue weighted by molar-refractivity contribution is 0.414. The number of hydrogen-bond donors (Lipinski definition) is 0. The highest BCUT2D eigenvalue weighted by molar-refractivity contribution is 6.19. The fourth-order valence-electron chi connectivity index (χ4n) is 0.622. The summed E-state index contributed by atoms with van der Waals surface area (Å²) in [6, 6.07) is 9.36. The Bertz CT molecular complexity index is 211. The second-order valence-corrected chi connectivity index (χ2v) is 1.83. The van der Waals surface area contributed by atoms with Gasteiger partial charge in [0.1, 0.15) is 5.75 Å². The monoisotopic (exact) mass is 147 g/mol. The fraction of sp³-hybridized carbons (Fsp3) is 0. The minimum absolute atomic E-state index is 0.745. The zero-order chi connectivity index (χ0) is 7.94. The zero-order valence-corrected chi connectivity index (χ0v) is 6.07. The maximum absolute atomic E-state index is 5.03. The molecular formula is C8H8BO2. The summed E-state index contributed by atoms with van der Waals surface area (Å²) in [6.45, 7) is 3.36. The van der Waals surface area contributed by atoms with E-state index in [1.807, 2.05) is 30.3 Å². The van der Waals surface area contributed by atoms with Gasteiger partial charge in [0.05, 0.1) is 6.26 Å². The molecule has 0 unspecified atom stereocenters. The van der Waals surface area contributed by atoms with E-state index in [1.54, 1.807) is 0 Å². The van der Waals surface area contributed by atoms with Crippen molar-refractivity contribution in [3.05, 3.63) is 43.2 Å². The molecule has 0 aliphatic heterocycles. The molecule has 0 fully saturated rings. The van der Waals surface area contributed by atoms with Crippen LogP contribution in [-0.4, -0.2) is 7.69 Å². The standard InChI is InChI=1S/C8H8BO2/c1-2-10-9-11-8-6-4-3-5-7-8/h2-7H,1H2. The molecule has 1 radical (unpaired) electrons. The first-order valence-corrected chi connectivity index (χ1v) is 3.23. The Balaban J connectivity index is 2.33. The van der Waals surface area contributed by atoms with Gasteiger partial charge >= 0.3 is 7.69 Å². The van der Waals surface area contributed by atoms with E-state index in [1.165, 1.54) is 13.9 Å². The summed E-state index contributed by atoms with van der Waals surface area (Å²) in [4.78, 5) is 0. The first-order valence-electron chi connectivity index (χ1n) is 3.23. The van der Waals surface area contributed by atoms with E-state index in [4.69, 9.17) is 4.65 Å². The number of hydrogen-bond acceptors (Lipinski definition) is 2. The molecule has 0 aliphatic carbocycles. The molecule has 0 amide bonds. The maximum atomic E-state index is 5.03. The van der Waals surface area contributed by atoms with Crippen LogP contribution in [0.4, 0.5) is 0 Å². The summed E-state index contributed by atoms with van der Waals surface area (Å²) in [6.07, 6.45) is 1.29. The number of para-hydroxylation sites is 1. The molecule has 0 spiro atoms. The van der Waals surface area contributed by atoms with E-state index in [2.05, 4.69) is 11.2 Å². The summed E-state index contributed by atoms with van der Waals surface area (Å²) in [5, 5.41) is 0. The summed E-state index contributed by atoms with van der Waals surface area (Å²) in [5.41, 5.74) is 0. The lowest BCUT2D eigenvalue weighted by Crippen LogP contribution is -2.02. The molecule has 1 rings (SSSR count). The molecule has 0 N–H and O–H groups in total. The fourth-order valence-corrected chi connectivity index (χ4v) is 0.622. The van der Waals surface area contributed by atoms with Gasteiger partial charge in [-0.1, -0.05) is 24.8 Å². The van der Waals surface area contributed by atoms with E-state index < -0.39 is 0 Å². The highest BCUT2D eigenvalue weighted by Gasteiger charge is 1.94. The van der Waals surface area contributed by atoms with Crippen LogP contribution >= 0.6 is 0 Å². The van der Waals surface area contributed by atoms with Crippen molar-refractivity contribution in [1.82, 2.24) is 0 Å². The quantitative estimate of drug-likeness (QED) is 0.367. The molecule has 3 heteroatoms. The first kappa shape index (κ1) is 7.73. The van der Waals surface area contributed by atoms with Gasteiger partial charge in [-0.05, 0) is 12.1 Å². The van der Waals surface area contributed by atoms with Crippen LogP contribution in [-0.2, 0) is 4.65 Å². The Hall–Kier alpha value is -1.38. The predicted octanol–water partition coefficient (Wildman–Crippen LogP) is 1.76. The highest BCUT2D eigenvalue weighted by Crippen LogP contribution is 2.06. The SMILES string of the molecule is C=CO[B]Oc1ccccc1. The van der Waals surface area contributed by atoms with E-state index in [0.717, 1.165) is 5.75 Å². The van der Waals surface area contributed by atoms with Crippen molar-refractivity contribution < 1.29 is 9.31 Å². The van der Waals surface area contributed by atoms with E-state index in [-0.39, 0.29) is 0 Å². The minimum atomic E-state index is 0.745. The van der Waals surface area contributed by atoms with Crippen LogP contribution in [0.25, 0.3) is 0 Å². The minimum Gasteiger partial charge on any atom is -0.533 e. The highest BCUT2D eigenvalue weighted by atomic mass is 16.6. The number of rotatable bonds is 4. The Labute approximate surface area is 66.8 Å². The topological polar surface area (TPSA) is 18.5 Å². The van der Waals surface area contributed by atoms with E-state index in [9.17, 15) is 0 Å². The molecule has 55 valence electrons. The van der Waals surface area contributed by atoms with Crippen LogP contribution in [0.15, 0.2) is 43.2 Å². The van der Waals surface area contributed by atoms with Gasteiger partial charge in [0, 0.05) is 0 Å². The molecule has 2 nitrogen and oxygen atoms in total. The zero-order valence-electron chi connectivity index (χ0n) is 6.07. The molecule has 1 aromatic rings. The summed E-state index contributed by atoms with van der Waals surface area (Å²) in [5.74, 6) is 0.745. The van der Waals surface area contributed by atoms with Gasteiger partial charge in [0.2, 0.25) is 0 Å². The predicted molar refractivity (Wildman–Crippen MR) is 44.1 cm³/mol. The average Bonchev–Trinajstić information content (AvgIpc) is 2.07. The third-order valence-electron chi connectivity index (χ3n) is 1.08. The van der Waals surface area contributed by atoms with Gasteiger partial charge in [-0.15, -0.1) is 0 Å². The molecule has 0 bridgehead atoms. The van der Waals surface area contributed by atoms with Crippen LogP contribution in [0, 0.1) is 0 Å². The van der Waals surface area contributed by atoms with Crippen molar-refractivity contribution >= 4 is 7.69 Å². The van der Waals surface area contributed by atoms with Crippen LogP contribution < -0.4 is 4.65 Å². The lowest BCUT2D eigenvalue weighted by Gasteiger charge is -2.00. The van der Waals surface area contributed by atoms with Gasteiger partial charge in [-0.25, -0.2) is 0 Å². The average molecular weight is 147 g/mol. The Morgan fingerprint density at radius 1 is 1.27 bits per heavy atom. The molecule has 0 atom stereocenters. The van der Waals surface area contributed by atoms with Crippen molar-refractivity contribution in [3.63, 3.8) is 0 Å². The first-order chi connectivity index (χ1) is 5.43. The maximum Gasteiger partial charge on any atom is 0.657 e. The van der Waals surface area contributed by atoms with Gasteiger partial charge in [-0.2, -0.15) is 0 Å². The molecule has 1 aromatic carbocycles. The smallest absolute Gasteiger partial charge is 0.533 e. The Morgan fingerprint density at radius 2 is 2.00 bits per heavy atom. The van der Waals surface area contributed by atoms with Gasteiger partial charge in [-0.3, -0.25) is 0 Å². The lowest BCUT2D eigenvalue weighted by atomic mass is 10.3. The largest absolute Gasteiger partial charge is 0.657 e. The van der Waals surface area contributed by atoms with Crippen molar-refractivity contribution in [1.29, 1.82) is 0 Å². The Morgan fingerprint density at radius 3 is 2.64 bits per heavy atom. The van der Waals surface area contributed by atoms with Gasteiger partial charge < -0.3 is 9.31 Å². The molecule has 0 aromatic heterocycles. The molecular weight excluding hydrogens is 139 g/mol. The van der Waals surface area contributed by atoms with Crippen LogP contribution in [0.1, 0.15) is 0 Å². The summed E-state index contributed by atoms with van der Waals surface area (Å²) < 4.78 is 9.68. The molecule has 11 heavy (non-hydrogen) atoms. The van der Waals surface area contributed by atoms with E-state index >= 15 is 0 Å². The number of benzene rings is 1.